The highest BCUT2D eigenvalue weighted by Crippen LogP contribution is 2.17. The minimum Gasteiger partial charge on any atom is -0.314 e. The first-order valence-corrected chi connectivity index (χ1v) is 11.6. The Hall–Kier alpha value is -1.78. The Bertz CT molecular complexity index is 1010. The summed E-state index contributed by atoms with van der Waals surface area (Å²) in [5.74, 6) is -0.957. The number of Topliss-reactive ketones (excluding diaryl/α,β-unsaturated/α-hetero) is 1. The van der Waals surface area contributed by atoms with Crippen LogP contribution in [0.15, 0.2) is 42.5 Å². The number of hydrogen-bond acceptors (Lipinski definition) is 5. The van der Waals surface area contributed by atoms with Crippen LogP contribution in [-0.2, 0) is 16.4 Å². The van der Waals surface area contributed by atoms with Crippen LogP contribution in [0.5, 0.6) is 0 Å². The van der Waals surface area contributed by atoms with E-state index in [9.17, 15) is 22.0 Å². The van der Waals surface area contributed by atoms with Crippen molar-refractivity contribution in [3.63, 3.8) is 0 Å². The van der Waals surface area contributed by atoms with Crippen LogP contribution >= 0.6 is 24.8 Å². The zero-order valence-corrected chi connectivity index (χ0v) is 20.0. The van der Waals surface area contributed by atoms with Gasteiger partial charge in [0.25, 0.3) is 0 Å². The standard InChI is InChI=1S/C21H25F2N3O3S.2ClH/c1-30(28,29)25-18-5-2-15(3-6-18)21(27)8-10-26-11-9-24-14-19(26)13-16-12-17(22)4-7-20(16)23;;/h2-7,12,19,24-25H,8-11,13-14H2,1H3;2*1H. The third-order valence-electron chi connectivity index (χ3n) is 5.07. The average molecular weight is 510 g/mol. The first kappa shape index (κ1) is 28.3. The number of carbonyl (C=O) groups is 1. The molecule has 1 aliphatic heterocycles. The van der Waals surface area contributed by atoms with Crippen molar-refractivity contribution >= 4 is 46.3 Å². The molecular formula is C21H27Cl2F2N3O3S. The minimum atomic E-state index is -3.37. The third kappa shape index (κ3) is 8.29. The van der Waals surface area contributed by atoms with E-state index in [1.807, 2.05) is 0 Å². The van der Waals surface area contributed by atoms with Crippen molar-refractivity contribution in [1.82, 2.24) is 10.2 Å². The molecule has 0 aromatic heterocycles. The molecule has 0 amide bonds. The van der Waals surface area contributed by atoms with Crippen LogP contribution in [0.2, 0.25) is 0 Å². The molecule has 0 radical (unpaired) electrons. The van der Waals surface area contributed by atoms with Gasteiger partial charge in [0.1, 0.15) is 11.6 Å². The Morgan fingerprint density at radius 3 is 2.50 bits per heavy atom. The fraction of sp³-hybridized carbons (Fsp3) is 0.381. The van der Waals surface area contributed by atoms with Crippen molar-refractivity contribution in [3.05, 3.63) is 65.2 Å². The van der Waals surface area contributed by atoms with E-state index in [1.165, 1.54) is 6.07 Å². The van der Waals surface area contributed by atoms with Crippen molar-refractivity contribution in [2.45, 2.75) is 18.9 Å². The van der Waals surface area contributed by atoms with E-state index in [-0.39, 0.29) is 43.1 Å². The van der Waals surface area contributed by atoms with Crippen LogP contribution in [0, 0.1) is 11.6 Å². The summed E-state index contributed by atoms with van der Waals surface area (Å²) >= 11 is 0. The van der Waals surface area contributed by atoms with Crippen LogP contribution in [0.3, 0.4) is 0 Å². The molecule has 1 aliphatic rings. The topological polar surface area (TPSA) is 78.5 Å². The highest BCUT2D eigenvalue weighted by molar-refractivity contribution is 7.92. The lowest BCUT2D eigenvalue weighted by Crippen LogP contribution is -2.52. The first-order chi connectivity index (χ1) is 14.2. The Labute approximate surface area is 199 Å². The maximum Gasteiger partial charge on any atom is 0.229 e. The zero-order valence-electron chi connectivity index (χ0n) is 17.5. The molecule has 1 atom stereocenters. The molecular weight excluding hydrogens is 483 g/mol. The molecule has 0 saturated carbocycles. The number of benzene rings is 2. The van der Waals surface area contributed by atoms with Crippen molar-refractivity contribution < 1.29 is 22.0 Å². The van der Waals surface area contributed by atoms with Gasteiger partial charge < -0.3 is 5.32 Å². The molecule has 1 fully saturated rings. The molecule has 1 heterocycles. The minimum absolute atomic E-state index is 0. The van der Waals surface area contributed by atoms with E-state index < -0.39 is 21.7 Å². The van der Waals surface area contributed by atoms with E-state index in [1.54, 1.807) is 24.3 Å². The maximum absolute atomic E-state index is 14.0. The fourth-order valence-corrected chi connectivity index (χ4v) is 4.14. The molecule has 1 saturated heterocycles. The number of rotatable bonds is 8. The second-order valence-electron chi connectivity index (χ2n) is 7.46. The molecule has 32 heavy (non-hydrogen) atoms. The van der Waals surface area contributed by atoms with Gasteiger partial charge in [-0.15, -0.1) is 24.8 Å². The lowest BCUT2D eigenvalue weighted by atomic mass is 10.0. The molecule has 0 spiro atoms. The number of carbonyl (C=O) groups excluding carboxylic acids is 1. The Morgan fingerprint density at radius 1 is 1.16 bits per heavy atom. The number of anilines is 1. The van der Waals surface area contributed by atoms with Crippen molar-refractivity contribution in [2.24, 2.45) is 0 Å². The maximum atomic E-state index is 14.0. The second-order valence-corrected chi connectivity index (χ2v) is 9.21. The van der Waals surface area contributed by atoms with Gasteiger partial charge in [0, 0.05) is 49.9 Å². The van der Waals surface area contributed by atoms with Crippen molar-refractivity contribution in [3.8, 4) is 0 Å². The summed E-state index contributed by atoms with van der Waals surface area (Å²) in [5.41, 5.74) is 1.22. The van der Waals surface area contributed by atoms with Crippen LogP contribution in [0.4, 0.5) is 14.5 Å². The predicted molar refractivity (Wildman–Crippen MR) is 127 cm³/mol. The van der Waals surface area contributed by atoms with Crippen LogP contribution in [0.25, 0.3) is 0 Å². The molecule has 178 valence electrons. The number of piperazine rings is 1. The normalized spacial score (nSPS) is 16.5. The molecule has 1 unspecified atom stereocenters. The van der Waals surface area contributed by atoms with Gasteiger partial charge in [-0.2, -0.15) is 0 Å². The van der Waals surface area contributed by atoms with Gasteiger partial charge in [-0.3, -0.25) is 14.4 Å². The Kier molecular flexibility index (Phi) is 11.0. The molecule has 11 heteroatoms. The van der Waals surface area contributed by atoms with Gasteiger partial charge in [-0.25, -0.2) is 17.2 Å². The number of hydrogen-bond donors (Lipinski definition) is 2. The number of halogens is 4. The molecule has 3 rings (SSSR count). The van der Waals surface area contributed by atoms with Crippen molar-refractivity contribution in [1.29, 1.82) is 0 Å². The fourth-order valence-electron chi connectivity index (χ4n) is 3.58. The summed E-state index contributed by atoms with van der Waals surface area (Å²) in [6.07, 6.45) is 1.70. The van der Waals surface area contributed by atoms with Crippen LogP contribution in [0.1, 0.15) is 22.3 Å². The molecule has 2 aromatic carbocycles. The number of nitrogens with one attached hydrogen (secondary N) is 2. The SMILES string of the molecule is CS(=O)(=O)Nc1ccc(C(=O)CCN2CCNCC2Cc2cc(F)ccc2F)cc1.Cl.Cl. The number of ketones is 1. The van der Waals surface area contributed by atoms with Crippen LogP contribution < -0.4 is 10.0 Å². The summed E-state index contributed by atoms with van der Waals surface area (Å²) in [6, 6.07) is 9.70. The Morgan fingerprint density at radius 2 is 1.84 bits per heavy atom. The van der Waals surface area contributed by atoms with Crippen molar-refractivity contribution in [2.75, 3.05) is 37.2 Å². The van der Waals surface area contributed by atoms with Crippen LogP contribution in [-0.4, -0.2) is 57.6 Å². The smallest absolute Gasteiger partial charge is 0.229 e. The number of nitrogens with zero attached hydrogens (tertiary/aromatic N) is 1. The van der Waals surface area contributed by atoms with Gasteiger partial charge >= 0.3 is 0 Å². The van der Waals surface area contributed by atoms with Gasteiger partial charge in [-0.05, 0) is 54.4 Å². The lowest BCUT2D eigenvalue weighted by molar-refractivity contribution is 0.0935. The lowest BCUT2D eigenvalue weighted by Gasteiger charge is -2.36. The van der Waals surface area contributed by atoms with Gasteiger partial charge in [0.05, 0.1) is 6.26 Å². The third-order valence-corrected chi connectivity index (χ3v) is 5.68. The van der Waals surface area contributed by atoms with Gasteiger partial charge in [-0.1, -0.05) is 0 Å². The summed E-state index contributed by atoms with van der Waals surface area (Å²) in [4.78, 5) is 14.7. The van der Waals surface area contributed by atoms with Gasteiger partial charge in [0.15, 0.2) is 5.78 Å². The molecule has 2 aromatic rings. The van der Waals surface area contributed by atoms with E-state index in [2.05, 4.69) is 14.9 Å². The largest absolute Gasteiger partial charge is 0.314 e. The summed E-state index contributed by atoms with van der Waals surface area (Å²) in [7, 11) is -3.37. The predicted octanol–water partition coefficient (Wildman–Crippen LogP) is 3.27. The summed E-state index contributed by atoms with van der Waals surface area (Å²) in [5, 5.41) is 3.26. The Balaban J connectivity index is 0.00000256. The monoisotopic (exact) mass is 509 g/mol. The molecule has 2 N–H and O–H groups in total. The van der Waals surface area contributed by atoms with E-state index in [0.717, 1.165) is 24.9 Å². The summed E-state index contributed by atoms with van der Waals surface area (Å²) in [6.45, 7) is 2.62. The molecule has 0 aliphatic carbocycles. The quantitative estimate of drug-likeness (QED) is 0.534. The molecule has 0 bridgehead atoms. The first-order valence-electron chi connectivity index (χ1n) is 9.71. The second kappa shape index (κ2) is 12.5. The van der Waals surface area contributed by atoms with E-state index >= 15 is 0 Å². The highest BCUT2D eigenvalue weighted by Gasteiger charge is 2.24. The van der Waals surface area contributed by atoms with Gasteiger partial charge in [0.2, 0.25) is 10.0 Å². The zero-order chi connectivity index (χ0) is 21.7. The van der Waals surface area contributed by atoms with E-state index in [4.69, 9.17) is 0 Å². The summed E-state index contributed by atoms with van der Waals surface area (Å²) < 4.78 is 52.4. The van der Waals surface area contributed by atoms with E-state index in [0.29, 0.717) is 42.9 Å². The molecule has 6 nitrogen and oxygen atoms in total. The average Bonchev–Trinajstić information content (AvgIpc) is 2.69. The number of sulfonamides is 1. The highest BCUT2D eigenvalue weighted by atomic mass is 35.5.